The highest BCUT2D eigenvalue weighted by Gasteiger charge is 2.37. The maximum absolute atomic E-state index is 14.2. The van der Waals surface area contributed by atoms with E-state index in [9.17, 15) is 27.5 Å². The van der Waals surface area contributed by atoms with Crippen LogP contribution in [0.2, 0.25) is 0 Å². The van der Waals surface area contributed by atoms with Crippen LogP contribution in [-0.4, -0.2) is 27.8 Å². The topological polar surface area (TPSA) is 67.2 Å². The van der Waals surface area contributed by atoms with Crippen LogP contribution in [0.4, 0.5) is 17.6 Å². The second-order valence-electron chi connectivity index (χ2n) is 7.20. The van der Waals surface area contributed by atoms with E-state index in [0.717, 1.165) is 6.07 Å². The van der Waals surface area contributed by atoms with Crippen molar-refractivity contribution in [3.8, 4) is 28.0 Å². The predicted octanol–water partition coefficient (Wildman–Crippen LogP) is 4.56. The molecule has 0 bridgehead atoms. The Labute approximate surface area is 170 Å². The number of rotatable bonds is 4. The fourth-order valence-corrected chi connectivity index (χ4v) is 3.21. The minimum absolute atomic E-state index is 0.0989. The van der Waals surface area contributed by atoms with E-state index in [1.165, 1.54) is 48.4 Å². The van der Waals surface area contributed by atoms with Crippen molar-refractivity contribution >= 4 is 5.91 Å². The third-order valence-corrected chi connectivity index (χ3v) is 4.83. The first-order valence-electron chi connectivity index (χ1n) is 8.93. The number of alkyl halides is 3. The lowest BCUT2D eigenvalue weighted by Crippen LogP contribution is -2.43. The van der Waals surface area contributed by atoms with Gasteiger partial charge in [0.2, 0.25) is 5.91 Å². The van der Waals surface area contributed by atoms with Gasteiger partial charge < -0.3 is 10.4 Å². The number of phenols is 1. The van der Waals surface area contributed by atoms with Gasteiger partial charge in [0.1, 0.15) is 17.1 Å². The molecule has 0 unspecified atom stereocenters. The Morgan fingerprint density at radius 2 is 1.80 bits per heavy atom. The van der Waals surface area contributed by atoms with Crippen LogP contribution in [0.1, 0.15) is 19.4 Å². The standard InChI is InChI=1S/C21H19F4N3O2/c1-20(2,19(30)26-3)28-11-12(10-27-28)15-8-13(22)9-16(21(23,24)25)18(15)14-6-4-5-7-17(14)29/h4-11,29H,1-3H3,(H,26,30). The fourth-order valence-electron chi connectivity index (χ4n) is 3.21. The van der Waals surface area contributed by atoms with Gasteiger partial charge >= 0.3 is 6.18 Å². The molecule has 0 aliphatic carbocycles. The van der Waals surface area contributed by atoms with Crippen molar-refractivity contribution in [3.63, 3.8) is 0 Å². The number of para-hydroxylation sites is 1. The van der Waals surface area contributed by atoms with Crippen LogP contribution in [0.5, 0.6) is 5.75 Å². The Kier molecular flexibility index (Phi) is 5.32. The van der Waals surface area contributed by atoms with Crippen LogP contribution in [0.25, 0.3) is 22.3 Å². The number of carbonyl (C=O) groups excluding carboxylic acids is 1. The number of hydrogen-bond acceptors (Lipinski definition) is 3. The van der Waals surface area contributed by atoms with E-state index < -0.39 is 23.1 Å². The molecule has 1 amide bonds. The van der Waals surface area contributed by atoms with Gasteiger partial charge in [-0.15, -0.1) is 0 Å². The number of likely N-dealkylation sites (N-methyl/N-ethyl adjacent to an activating group) is 1. The molecule has 0 aliphatic heterocycles. The molecule has 30 heavy (non-hydrogen) atoms. The van der Waals surface area contributed by atoms with Gasteiger partial charge in [-0.1, -0.05) is 18.2 Å². The van der Waals surface area contributed by atoms with Crippen molar-refractivity contribution in [1.29, 1.82) is 0 Å². The normalized spacial score (nSPS) is 12.1. The van der Waals surface area contributed by atoms with Crippen LogP contribution < -0.4 is 5.32 Å². The number of aromatic nitrogens is 2. The summed E-state index contributed by atoms with van der Waals surface area (Å²) >= 11 is 0. The zero-order valence-electron chi connectivity index (χ0n) is 16.4. The molecule has 0 saturated heterocycles. The average molecular weight is 421 g/mol. The molecule has 1 heterocycles. The molecule has 2 N–H and O–H groups in total. The number of phenolic OH excluding ortho intramolecular Hbond substituents is 1. The molecule has 0 atom stereocenters. The Balaban J connectivity index is 2.30. The summed E-state index contributed by atoms with van der Waals surface area (Å²) in [6.07, 6.45) is -2.25. The largest absolute Gasteiger partial charge is 0.507 e. The lowest BCUT2D eigenvalue weighted by Gasteiger charge is -2.23. The number of amides is 1. The van der Waals surface area contributed by atoms with E-state index in [2.05, 4.69) is 10.4 Å². The van der Waals surface area contributed by atoms with Gasteiger partial charge in [0.25, 0.3) is 0 Å². The number of nitrogens with one attached hydrogen (secondary N) is 1. The molecule has 5 nitrogen and oxygen atoms in total. The van der Waals surface area contributed by atoms with Crippen molar-refractivity contribution in [2.45, 2.75) is 25.6 Å². The molecule has 0 fully saturated rings. The molecule has 2 aromatic carbocycles. The first-order valence-corrected chi connectivity index (χ1v) is 8.93. The van der Waals surface area contributed by atoms with Crippen LogP contribution >= 0.6 is 0 Å². The highest BCUT2D eigenvalue weighted by molar-refractivity contribution is 5.88. The van der Waals surface area contributed by atoms with Crippen molar-refractivity contribution in [2.24, 2.45) is 0 Å². The molecule has 0 spiro atoms. The van der Waals surface area contributed by atoms with E-state index in [4.69, 9.17) is 0 Å². The third kappa shape index (κ3) is 3.74. The summed E-state index contributed by atoms with van der Waals surface area (Å²) in [5.41, 5.74) is -2.78. The minimum atomic E-state index is -4.87. The van der Waals surface area contributed by atoms with Crippen LogP contribution in [0.3, 0.4) is 0 Å². The smallest absolute Gasteiger partial charge is 0.417 e. The van der Waals surface area contributed by atoms with Gasteiger partial charge in [-0.3, -0.25) is 9.48 Å². The van der Waals surface area contributed by atoms with Crippen LogP contribution in [0.15, 0.2) is 48.8 Å². The number of hydrogen-bond donors (Lipinski definition) is 2. The summed E-state index contributed by atoms with van der Waals surface area (Å²) in [4.78, 5) is 12.1. The summed E-state index contributed by atoms with van der Waals surface area (Å²) in [6.45, 7) is 3.17. The molecular formula is C21H19F4N3O2. The number of aromatic hydroxyl groups is 1. The monoisotopic (exact) mass is 421 g/mol. The summed E-state index contributed by atoms with van der Waals surface area (Å²) < 4.78 is 56.8. The molecule has 9 heteroatoms. The number of carbonyl (C=O) groups is 1. The first kappa shape index (κ1) is 21.4. The molecule has 158 valence electrons. The maximum atomic E-state index is 14.2. The van der Waals surface area contributed by atoms with E-state index in [0.29, 0.717) is 6.07 Å². The van der Waals surface area contributed by atoms with Crippen molar-refractivity contribution in [1.82, 2.24) is 15.1 Å². The third-order valence-electron chi connectivity index (χ3n) is 4.83. The second kappa shape index (κ2) is 7.47. The zero-order valence-corrected chi connectivity index (χ0v) is 16.4. The van der Waals surface area contributed by atoms with Crippen LogP contribution in [-0.2, 0) is 16.5 Å². The van der Waals surface area contributed by atoms with E-state index in [-0.39, 0.29) is 33.9 Å². The quantitative estimate of drug-likeness (QED) is 0.607. The van der Waals surface area contributed by atoms with Gasteiger partial charge in [0.05, 0.1) is 11.8 Å². The second-order valence-corrected chi connectivity index (χ2v) is 7.20. The molecule has 0 radical (unpaired) electrons. The Morgan fingerprint density at radius 3 is 2.40 bits per heavy atom. The highest BCUT2D eigenvalue weighted by Crippen LogP contribution is 2.45. The lowest BCUT2D eigenvalue weighted by atomic mass is 9.90. The zero-order chi connectivity index (χ0) is 22.3. The lowest BCUT2D eigenvalue weighted by molar-refractivity contribution is -0.137. The van der Waals surface area contributed by atoms with Gasteiger partial charge in [-0.2, -0.15) is 18.3 Å². The summed E-state index contributed by atoms with van der Waals surface area (Å²) in [7, 11) is 1.45. The molecular weight excluding hydrogens is 402 g/mol. The number of benzene rings is 2. The average Bonchev–Trinajstić information content (AvgIpc) is 3.17. The summed E-state index contributed by atoms with van der Waals surface area (Å²) in [5, 5.41) is 16.8. The Morgan fingerprint density at radius 1 is 1.13 bits per heavy atom. The van der Waals surface area contributed by atoms with Gasteiger partial charge in [0, 0.05) is 29.9 Å². The SMILES string of the molecule is CNC(=O)C(C)(C)n1cc(-c2cc(F)cc(C(F)(F)F)c2-c2ccccc2O)cn1. The van der Waals surface area contributed by atoms with E-state index in [1.54, 1.807) is 13.8 Å². The van der Waals surface area contributed by atoms with Crippen molar-refractivity contribution in [3.05, 3.63) is 60.2 Å². The fraction of sp³-hybridized carbons (Fsp3) is 0.238. The van der Waals surface area contributed by atoms with E-state index in [1.807, 2.05) is 0 Å². The molecule has 3 rings (SSSR count). The summed E-state index contributed by atoms with van der Waals surface area (Å²) in [6, 6.07) is 6.86. The van der Waals surface area contributed by atoms with Gasteiger partial charge in [0.15, 0.2) is 0 Å². The van der Waals surface area contributed by atoms with Crippen molar-refractivity contribution in [2.75, 3.05) is 7.05 Å². The summed E-state index contributed by atoms with van der Waals surface area (Å²) in [5.74, 6) is -1.84. The Hall–Kier alpha value is -3.36. The highest BCUT2D eigenvalue weighted by atomic mass is 19.4. The number of nitrogens with zero attached hydrogens (tertiary/aromatic N) is 2. The van der Waals surface area contributed by atoms with Gasteiger partial charge in [-0.05, 0) is 37.6 Å². The maximum Gasteiger partial charge on any atom is 0.417 e. The molecule has 0 aliphatic rings. The van der Waals surface area contributed by atoms with Crippen molar-refractivity contribution < 1.29 is 27.5 Å². The van der Waals surface area contributed by atoms with Gasteiger partial charge in [-0.25, -0.2) is 4.39 Å². The molecule has 0 saturated carbocycles. The van der Waals surface area contributed by atoms with Crippen LogP contribution in [0, 0.1) is 5.82 Å². The molecule has 1 aromatic heterocycles. The first-order chi connectivity index (χ1) is 14.0. The predicted molar refractivity (Wildman–Crippen MR) is 103 cm³/mol. The number of halogens is 4. The van der Waals surface area contributed by atoms with E-state index >= 15 is 0 Å². The molecule has 3 aromatic rings. The minimum Gasteiger partial charge on any atom is -0.507 e. The Bertz CT molecular complexity index is 1100.